The molecule has 1 aromatic rings. The lowest BCUT2D eigenvalue weighted by molar-refractivity contribution is -0.109. The second-order valence-electron chi connectivity index (χ2n) is 5.48. The van der Waals surface area contributed by atoms with Crippen LogP contribution in [0.25, 0.3) is 0 Å². The van der Waals surface area contributed by atoms with E-state index >= 15 is 0 Å². The summed E-state index contributed by atoms with van der Waals surface area (Å²) in [5.74, 6) is -1.15. The summed E-state index contributed by atoms with van der Waals surface area (Å²) in [5.41, 5.74) is -0.144. The van der Waals surface area contributed by atoms with Gasteiger partial charge in [0.2, 0.25) is 0 Å². The maximum absolute atomic E-state index is 13.9. The van der Waals surface area contributed by atoms with Crippen LogP contribution in [-0.4, -0.2) is 18.8 Å². The number of hydrogen-bond acceptors (Lipinski definition) is 2. The van der Waals surface area contributed by atoms with Crippen molar-refractivity contribution in [2.24, 2.45) is 5.41 Å². The van der Waals surface area contributed by atoms with E-state index < -0.39 is 11.6 Å². The van der Waals surface area contributed by atoms with Crippen LogP contribution >= 0.6 is 15.9 Å². The number of benzene rings is 1. The molecular weight excluding hydrogens is 328 g/mol. The van der Waals surface area contributed by atoms with Gasteiger partial charge in [0.15, 0.2) is 0 Å². The van der Waals surface area contributed by atoms with Crippen LogP contribution in [0.4, 0.5) is 14.5 Å². The largest absolute Gasteiger partial charge is 0.378 e. The van der Waals surface area contributed by atoms with Crippen molar-refractivity contribution in [1.82, 2.24) is 0 Å². The second-order valence-corrected chi connectivity index (χ2v) is 6.40. The van der Waals surface area contributed by atoms with Crippen molar-refractivity contribution in [1.29, 1.82) is 0 Å². The molecule has 1 aliphatic carbocycles. The second kappa shape index (κ2) is 5.98. The van der Waals surface area contributed by atoms with Crippen LogP contribution in [-0.2, 0) is 4.74 Å². The van der Waals surface area contributed by atoms with Crippen LogP contribution in [0.3, 0.4) is 0 Å². The van der Waals surface area contributed by atoms with Gasteiger partial charge in [0.05, 0.1) is 6.10 Å². The average Bonchev–Trinajstić information content (AvgIpc) is 2.39. The fourth-order valence-electron chi connectivity index (χ4n) is 2.83. The molecule has 0 bridgehead atoms. The van der Waals surface area contributed by atoms with Crippen molar-refractivity contribution in [3.05, 3.63) is 28.2 Å². The number of anilines is 1. The predicted molar refractivity (Wildman–Crippen MR) is 79.9 cm³/mol. The lowest BCUT2D eigenvalue weighted by Gasteiger charge is -2.53. The zero-order valence-electron chi connectivity index (χ0n) is 12.0. The Morgan fingerprint density at radius 3 is 2.45 bits per heavy atom. The third-order valence-corrected chi connectivity index (χ3v) is 4.89. The van der Waals surface area contributed by atoms with E-state index in [9.17, 15) is 8.78 Å². The van der Waals surface area contributed by atoms with E-state index in [1.165, 1.54) is 12.1 Å². The maximum Gasteiger partial charge on any atom is 0.150 e. The first-order valence-electron chi connectivity index (χ1n) is 6.95. The van der Waals surface area contributed by atoms with Gasteiger partial charge in [0.1, 0.15) is 17.3 Å². The van der Waals surface area contributed by atoms with E-state index in [0.717, 1.165) is 12.8 Å². The van der Waals surface area contributed by atoms with Crippen LogP contribution in [0.1, 0.15) is 33.6 Å². The average molecular weight is 348 g/mol. The van der Waals surface area contributed by atoms with Gasteiger partial charge in [-0.3, -0.25) is 0 Å². The molecular formula is C15H20BrF2NO. The first kappa shape index (κ1) is 15.7. The highest BCUT2D eigenvalue weighted by atomic mass is 79.9. The van der Waals surface area contributed by atoms with Gasteiger partial charge in [0, 0.05) is 22.5 Å². The van der Waals surface area contributed by atoms with E-state index in [-0.39, 0.29) is 23.2 Å². The summed E-state index contributed by atoms with van der Waals surface area (Å²) in [6, 6.07) is 2.56. The monoisotopic (exact) mass is 347 g/mol. The summed E-state index contributed by atoms with van der Waals surface area (Å²) in [5, 5.41) is 3.02. The molecule has 1 aromatic carbocycles. The van der Waals surface area contributed by atoms with E-state index in [1.807, 2.05) is 6.92 Å². The predicted octanol–water partition coefficient (Wildman–Crippen LogP) is 4.73. The highest BCUT2D eigenvalue weighted by Gasteiger charge is 2.51. The topological polar surface area (TPSA) is 21.3 Å². The first-order valence-corrected chi connectivity index (χ1v) is 7.74. The van der Waals surface area contributed by atoms with Crippen LogP contribution in [0.5, 0.6) is 0 Å². The number of rotatable bonds is 5. The van der Waals surface area contributed by atoms with Gasteiger partial charge in [-0.15, -0.1) is 0 Å². The highest BCUT2D eigenvalue weighted by molar-refractivity contribution is 9.10. The molecule has 0 aliphatic heterocycles. The molecule has 0 spiro atoms. The van der Waals surface area contributed by atoms with Crippen LogP contribution in [0.2, 0.25) is 0 Å². The standard InChI is InChI=1S/C15H20BrF2NO/c1-4-15(3)12(8-13(15)20-5-2)19-14-10(17)6-9(16)7-11(14)18/h6-7,12-13,19H,4-5,8H2,1-3H3. The van der Waals surface area contributed by atoms with Crippen molar-refractivity contribution >= 4 is 21.6 Å². The Labute approximate surface area is 127 Å². The van der Waals surface area contributed by atoms with E-state index in [2.05, 4.69) is 35.1 Å². The van der Waals surface area contributed by atoms with Crippen molar-refractivity contribution in [2.45, 2.75) is 45.8 Å². The number of ether oxygens (including phenoxy) is 1. The van der Waals surface area contributed by atoms with E-state index in [4.69, 9.17) is 4.74 Å². The molecule has 0 aromatic heterocycles. The molecule has 2 rings (SSSR count). The Morgan fingerprint density at radius 2 is 1.95 bits per heavy atom. The van der Waals surface area contributed by atoms with Crippen molar-refractivity contribution in [3.8, 4) is 0 Å². The zero-order chi connectivity index (χ0) is 14.9. The third-order valence-electron chi connectivity index (χ3n) is 4.44. The van der Waals surface area contributed by atoms with E-state index in [1.54, 1.807) is 0 Å². The summed E-state index contributed by atoms with van der Waals surface area (Å²) in [7, 11) is 0. The minimum Gasteiger partial charge on any atom is -0.378 e. The van der Waals surface area contributed by atoms with Crippen molar-refractivity contribution in [2.75, 3.05) is 11.9 Å². The molecule has 3 atom stereocenters. The normalized spacial score (nSPS) is 29.1. The first-order chi connectivity index (χ1) is 9.42. The van der Waals surface area contributed by atoms with Gasteiger partial charge in [0.25, 0.3) is 0 Å². The molecule has 0 saturated heterocycles. The molecule has 0 amide bonds. The lowest BCUT2D eigenvalue weighted by atomic mass is 9.61. The number of hydrogen-bond donors (Lipinski definition) is 1. The van der Waals surface area contributed by atoms with Gasteiger partial charge in [-0.05, 0) is 31.9 Å². The minimum absolute atomic E-state index is 0.0224. The summed E-state index contributed by atoms with van der Waals surface area (Å²) >= 11 is 3.08. The van der Waals surface area contributed by atoms with Crippen LogP contribution in [0.15, 0.2) is 16.6 Å². The number of nitrogens with one attached hydrogen (secondary N) is 1. The third kappa shape index (κ3) is 2.70. The van der Waals surface area contributed by atoms with Gasteiger partial charge < -0.3 is 10.1 Å². The summed E-state index contributed by atoms with van der Waals surface area (Å²) in [6.45, 7) is 6.80. The molecule has 1 N–H and O–H groups in total. The Kier molecular flexibility index (Phi) is 4.69. The molecule has 1 aliphatic rings. The quantitative estimate of drug-likeness (QED) is 0.830. The Bertz CT molecular complexity index is 474. The van der Waals surface area contributed by atoms with Gasteiger partial charge >= 0.3 is 0 Å². The molecule has 1 saturated carbocycles. The van der Waals surface area contributed by atoms with E-state index in [0.29, 0.717) is 11.1 Å². The fourth-order valence-corrected chi connectivity index (χ4v) is 3.23. The maximum atomic E-state index is 13.9. The Morgan fingerprint density at radius 1 is 1.35 bits per heavy atom. The van der Waals surface area contributed by atoms with Crippen molar-refractivity contribution < 1.29 is 13.5 Å². The molecule has 112 valence electrons. The summed E-state index contributed by atoms with van der Waals surface area (Å²) in [4.78, 5) is 0. The summed E-state index contributed by atoms with van der Waals surface area (Å²) < 4.78 is 33.8. The zero-order valence-corrected chi connectivity index (χ0v) is 13.6. The molecule has 5 heteroatoms. The molecule has 20 heavy (non-hydrogen) atoms. The highest BCUT2D eigenvalue weighted by Crippen LogP contribution is 2.47. The fraction of sp³-hybridized carbons (Fsp3) is 0.600. The van der Waals surface area contributed by atoms with Crippen LogP contribution < -0.4 is 5.32 Å². The minimum atomic E-state index is -0.574. The molecule has 1 fully saturated rings. The molecule has 0 radical (unpaired) electrons. The van der Waals surface area contributed by atoms with Crippen molar-refractivity contribution in [3.63, 3.8) is 0 Å². The van der Waals surface area contributed by atoms with Gasteiger partial charge in [-0.1, -0.05) is 29.8 Å². The number of halogens is 3. The lowest BCUT2D eigenvalue weighted by Crippen LogP contribution is -2.59. The Balaban J connectivity index is 2.16. The van der Waals surface area contributed by atoms with Crippen LogP contribution in [0, 0.1) is 17.0 Å². The molecule has 2 nitrogen and oxygen atoms in total. The van der Waals surface area contributed by atoms with Gasteiger partial charge in [-0.2, -0.15) is 0 Å². The smallest absolute Gasteiger partial charge is 0.150 e. The van der Waals surface area contributed by atoms with Gasteiger partial charge in [-0.25, -0.2) is 8.78 Å². The Hall–Kier alpha value is -0.680. The molecule has 3 unspecified atom stereocenters. The SMILES string of the molecule is CCOC1CC(Nc2c(F)cc(Br)cc2F)C1(C)CC. The summed E-state index contributed by atoms with van der Waals surface area (Å²) in [6.07, 6.45) is 1.82. The molecule has 0 heterocycles.